The van der Waals surface area contributed by atoms with Crippen molar-refractivity contribution in [3.05, 3.63) is 113 Å². The summed E-state index contributed by atoms with van der Waals surface area (Å²) in [6.45, 7) is 2.87. The first-order valence-electron chi connectivity index (χ1n) is 14.0. The molecule has 1 atom stereocenters. The fourth-order valence-electron chi connectivity index (χ4n) is 5.78. The van der Waals surface area contributed by atoms with Crippen LogP contribution in [-0.4, -0.2) is 28.2 Å². The zero-order chi connectivity index (χ0) is 27.5. The average Bonchev–Trinajstić information content (AvgIpc) is 3.69. The fourth-order valence-corrected chi connectivity index (χ4v) is 5.78. The van der Waals surface area contributed by atoms with E-state index in [-0.39, 0.29) is 36.1 Å². The maximum Gasteiger partial charge on any atom is 0.277 e. The lowest BCUT2D eigenvalue weighted by Gasteiger charge is -2.39. The molecule has 0 saturated heterocycles. The average molecular weight is 536 g/mol. The Bertz CT molecular complexity index is 1490. The van der Waals surface area contributed by atoms with E-state index in [9.17, 15) is 9.59 Å². The van der Waals surface area contributed by atoms with E-state index in [0.29, 0.717) is 23.9 Å². The van der Waals surface area contributed by atoms with Crippen molar-refractivity contribution in [3.8, 4) is 5.75 Å². The van der Waals surface area contributed by atoms with Crippen molar-refractivity contribution in [1.29, 1.82) is 0 Å². The first-order valence-corrected chi connectivity index (χ1v) is 14.0. The molecule has 1 aliphatic carbocycles. The van der Waals surface area contributed by atoms with E-state index >= 15 is 0 Å². The lowest BCUT2D eigenvalue weighted by molar-refractivity contribution is -0.137. The molecule has 40 heavy (non-hydrogen) atoms. The van der Waals surface area contributed by atoms with Gasteiger partial charge < -0.3 is 19.4 Å². The summed E-state index contributed by atoms with van der Waals surface area (Å²) in [5.41, 5.74) is 5.49. The highest BCUT2D eigenvalue weighted by Crippen LogP contribution is 2.40. The topological polar surface area (TPSA) is 84.7 Å². The van der Waals surface area contributed by atoms with Gasteiger partial charge in [-0.1, -0.05) is 66.9 Å². The number of carbonyl (C=O) groups excluding carboxylic acids is 2. The summed E-state index contributed by atoms with van der Waals surface area (Å²) >= 11 is 0. The van der Waals surface area contributed by atoms with Crippen LogP contribution in [0.4, 0.5) is 5.69 Å². The molecule has 1 N–H and O–H groups in total. The van der Waals surface area contributed by atoms with Crippen molar-refractivity contribution >= 4 is 17.5 Å². The van der Waals surface area contributed by atoms with Crippen LogP contribution < -0.4 is 10.1 Å². The Labute approximate surface area is 234 Å². The van der Waals surface area contributed by atoms with Crippen LogP contribution in [-0.2, 0) is 17.8 Å². The van der Waals surface area contributed by atoms with Crippen LogP contribution in [0.25, 0.3) is 0 Å². The van der Waals surface area contributed by atoms with E-state index in [2.05, 4.69) is 52.5 Å². The molecule has 0 bridgehead atoms. The number of anilines is 1. The van der Waals surface area contributed by atoms with Crippen molar-refractivity contribution in [3.63, 3.8) is 0 Å². The molecule has 4 aromatic rings. The summed E-state index contributed by atoms with van der Waals surface area (Å²) in [5.74, 6) is 1.01. The molecule has 3 aromatic carbocycles. The molecule has 2 aliphatic rings. The fraction of sp³-hybridized carbons (Fsp3) is 0.303. The standard InChI is InChI=1S/C33H33N3O4/c1-22-11-13-24(14-12-22)31-28-19-27(16-15-23(28)17-18-36(31)33(38)25-7-5-6-8-25)39-21-30-35-29(20-40-30)32(37)34-26-9-3-2-4-10-26/h2-4,9-16,19-20,25,31H,5-8,17-18,21H2,1H3,(H,34,37). The first-order chi connectivity index (χ1) is 19.5. The number of ether oxygens (including phenoxy) is 1. The smallest absolute Gasteiger partial charge is 0.277 e. The van der Waals surface area contributed by atoms with Crippen molar-refractivity contribution in [2.45, 2.75) is 51.7 Å². The molecule has 1 saturated carbocycles. The van der Waals surface area contributed by atoms with Gasteiger partial charge in [-0.3, -0.25) is 9.59 Å². The Morgan fingerprint density at radius 3 is 2.58 bits per heavy atom. The van der Waals surface area contributed by atoms with E-state index < -0.39 is 0 Å². The minimum Gasteiger partial charge on any atom is -0.484 e. The van der Waals surface area contributed by atoms with Crippen LogP contribution in [0, 0.1) is 12.8 Å². The Balaban J connectivity index is 1.21. The second-order valence-corrected chi connectivity index (χ2v) is 10.7. The van der Waals surface area contributed by atoms with Crippen LogP contribution in [0.15, 0.2) is 83.5 Å². The summed E-state index contributed by atoms with van der Waals surface area (Å²) in [6, 6.07) is 23.6. The molecule has 1 fully saturated rings. The summed E-state index contributed by atoms with van der Waals surface area (Å²) in [6.07, 6.45) is 6.37. The van der Waals surface area contributed by atoms with Crippen molar-refractivity contribution in [2.75, 3.05) is 11.9 Å². The highest BCUT2D eigenvalue weighted by molar-refractivity contribution is 6.02. The summed E-state index contributed by atoms with van der Waals surface area (Å²) in [7, 11) is 0. The third-order valence-electron chi connectivity index (χ3n) is 7.90. The first kappa shape index (κ1) is 25.9. The van der Waals surface area contributed by atoms with Gasteiger partial charge in [0, 0.05) is 18.2 Å². The molecule has 2 heterocycles. The molecule has 0 radical (unpaired) electrons. The number of hydrogen-bond donors (Lipinski definition) is 1. The molecule has 1 unspecified atom stereocenters. The second kappa shape index (κ2) is 11.4. The Morgan fingerprint density at radius 2 is 1.80 bits per heavy atom. The summed E-state index contributed by atoms with van der Waals surface area (Å²) < 4.78 is 11.6. The number of carbonyl (C=O) groups is 2. The van der Waals surface area contributed by atoms with E-state index in [0.717, 1.165) is 43.2 Å². The number of nitrogens with zero attached hydrogens (tertiary/aromatic N) is 2. The Kier molecular flexibility index (Phi) is 7.36. The number of rotatable bonds is 7. The quantitative estimate of drug-likeness (QED) is 0.293. The second-order valence-electron chi connectivity index (χ2n) is 10.7. The summed E-state index contributed by atoms with van der Waals surface area (Å²) in [4.78, 5) is 32.6. The van der Waals surface area contributed by atoms with Gasteiger partial charge in [-0.15, -0.1) is 0 Å². The van der Waals surface area contributed by atoms with Gasteiger partial charge in [0.05, 0.1) is 6.04 Å². The van der Waals surface area contributed by atoms with Crippen molar-refractivity contribution in [2.24, 2.45) is 5.92 Å². The zero-order valence-electron chi connectivity index (χ0n) is 22.6. The molecule has 2 amide bonds. The van der Waals surface area contributed by atoms with Crippen LogP contribution in [0.1, 0.15) is 70.4 Å². The highest BCUT2D eigenvalue weighted by atomic mass is 16.5. The monoisotopic (exact) mass is 535 g/mol. The van der Waals surface area contributed by atoms with Crippen LogP contribution in [0.2, 0.25) is 0 Å². The highest BCUT2D eigenvalue weighted by Gasteiger charge is 2.36. The lowest BCUT2D eigenvalue weighted by atomic mass is 9.86. The number of aromatic nitrogens is 1. The zero-order valence-corrected chi connectivity index (χ0v) is 22.6. The number of amides is 2. The molecular formula is C33H33N3O4. The number of oxazole rings is 1. The minimum absolute atomic E-state index is 0.0807. The number of aryl methyl sites for hydroxylation is 1. The number of nitrogens with one attached hydrogen (secondary N) is 1. The Morgan fingerprint density at radius 1 is 1.02 bits per heavy atom. The van der Waals surface area contributed by atoms with Crippen molar-refractivity contribution < 1.29 is 18.7 Å². The number of fused-ring (bicyclic) bond motifs is 1. The van der Waals surface area contributed by atoms with E-state index in [4.69, 9.17) is 9.15 Å². The third kappa shape index (κ3) is 5.50. The molecule has 7 nitrogen and oxygen atoms in total. The maximum absolute atomic E-state index is 13.7. The maximum atomic E-state index is 13.7. The third-order valence-corrected chi connectivity index (χ3v) is 7.90. The normalized spacial score (nSPS) is 16.9. The molecule has 6 rings (SSSR count). The van der Waals surface area contributed by atoms with Crippen molar-refractivity contribution in [1.82, 2.24) is 9.88 Å². The largest absolute Gasteiger partial charge is 0.484 e. The van der Waals surface area contributed by atoms with Gasteiger partial charge in [0.2, 0.25) is 11.8 Å². The molecule has 7 heteroatoms. The van der Waals surface area contributed by atoms with Crippen LogP contribution in [0.3, 0.4) is 0 Å². The van der Waals surface area contributed by atoms with Gasteiger partial charge >= 0.3 is 0 Å². The van der Waals surface area contributed by atoms with E-state index in [1.807, 2.05) is 42.5 Å². The predicted molar refractivity (Wildman–Crippen MR) is 152 cm³/mol. The number of hydrogen-bond acceptors (Lipinski definition) is 5. The van der Waals surface area contributed by atoms with Crippen LogP contribution >= 0.6 is 0 Å². The molecule has 1 aromatic heterocycles. The molecule has 204 valence electrons. The SMILES string of the molecule is Cc1ccc(C2c3cc(OCc4nc(C(=O)Nc5ccccc5)co4)ccc3CCN2C(=O)C2CCCC2)cc1. The van der Waals surface area contributed by atoms with Gasteiger partial charge in [0.25, 0.3) is 5.91 Å². The molecule has 0 spiro atoms. The Hall–Kier alpha value is -4.39. The van der Waals surface area contributed by atoms with Gasteiger partial charge in [-0.05, 0) is 67.1 Å². The molecular weight excluding hydrogens is 502 g/mol. The van der Waals surface area contributed by atoms with Gasteiger partial charge in [-0.2, -0.15) is 0 Å². The predicted octanol–water partition coefficient (Wildman–Crippen LogP) is 6.48. The van der Waals surface area contributed by atoms with Crippen LogP contribution in [0.5, 0.6) is 5.75 Å². The van der Waals surface area contributed by atoms with Gasteiger partial charge in [0.15, 0.2) is 12.3 Å². The van der Waals surface area contributed by atoms with Gasteiger partial charge in [0.1, 0.15) is 12.0 Å². The van der Waals surface area contributed by atoms with E-state index in [1.54, 1.807) is 0 Å². The summed E-state index contributed by atoms with van der Waals surface area (Å²) in [5, 5.41) is 2.80. The number of benzene rings is 3. The lowest BCUT2D eigenvalue weighted by Crippen LogP contribution is -2.43. The van der Waals surface area contributed by atoms with E-state index in [1.165, 1.54) is 17.4 Å². The molecule has 1 aliphatic heterocycles. The minimum atomic E-state index is -0.344. The van der Waals surface area contributed by atoms with Gasteiger partial charge in [-0.25, -0.2) is 4.98 Å². The number of para-hydroxylation sites is 1.